The Morgan fingerprint density at radius 1 is 1.33 bits per heavy atom. The number of morpholine rings is 1. The molecule has 0 bridgehead atoms. The molecule has 0 aliphatic carbocycles. The highest BCUT2D eigenvalue weighted by molar-refractivity contribution is 8.12. The van der Waals surface area contributed by atoms with Crippen LogP contribution in [-0.4, -0.2) is 67.7 Å². The fourth-order valence-electron chi connectivity index (χ4n) is 1.49. The molecule has 0 radical (unpaired) electrons. The van der Waals surface area contributed by atoms with Gasteiger partial charge in [0.05, 0.1) is 13.2 Å². The lowest BCUT2D eigenvalue weighted by atomic mass is 10.3. The summed E-state index contributed by atoms with van der Waals surface area (Å²) in [4.78, 5) is 14.8. The van der Waals surface area contributed by atoms with E-state index in [1.54, 1.807) is 18.2 Å². The first-order chi connectivity index (χ1) is 8.65. The summed E-state index contributed by atoms with van der Waals surface area (Å²) < 4.78 is 5.24. The van der Waals surface area contributed by atoms with E-state index in [0.29, 0.717) is 0 Å². The van der Waals surface area contributed by atoms with Crippen LogP contribution in [0.5, 0.6) is 0 Å². The predicted molar refractivity (Wildman–Crippen MR) is 79.4 cm³/mol. The third-order valence-corrected chi connectivity index (χ3v) is 3.55. The van der Waals surface area contributed by atoms with Crippen LogP contribution in [0.1, 0.15) is 26.7 Å². The second kappa shape index (κ2) is 11.8. The maximum Gasteiger partial charge on any atom is 0.281 e. The number of nitrogens with zero attached hydrogens (tertiary/aromatic N) is 2. The van der Waals surface area contributed by atoms with E-state index in [0.717, 1.165) is 32.8 Å². The molecule has 0 spiro atoms. The van der Waals surface area contributed by atoms with Crippen LogP contribution in [0.25, 0.3) is 0 Å². The number of carbonyl (C=O) groups is 1. The quantitative estimate of drug-likeness (QED) is 0.790. The second-order valence-electron chi connectivity index (χ2n) is 4.29. The summed E-state index contributed by atoms with van der Waals surface area (Å²) in [6.07, 6.45) is 4.42. The van der Waals surface area contributed by atoms with Gasteiger partial charge in [-0.05, 0) is 26.1 Å². The first-order valence-electron chi connectivity index (χ1n) is 6.74. The first-order valence-corrected chi connectivity index (χ1v) is 7.97. The minimum atomic E-state index is 0.132. The van der Waals surface area contributed by atoms with Crippen LogP contribution < -0.4 is 0 Å². The zero-order chi connectivity index (χ0) is 13.8. The third-order valence-electron chi connectivity index (χ3n) is 2.89. The van der Waals surface area contributed by atoms with Crippen molar-refractivity contribution in [3.8, 4) is 0 Å². The summed E-state index contributed by atoms with van der Waals surface area (Å²) in [5.41, 5.74) is 0. The van der Waals surface area contributed by atoms with E-state index in [4.69, 9.17) is 4.74 Å². The van der Waals surface area contributed by atoms with E-state index in [9.17, 15) is 4.79 Å². The molecule has 0 saturated carbocycles. The Bertz CT molecular complexity index is 209. The largest absolute Gasteiger partial charge is 0.379 e. The molecular formula is C13H28N2O2S. The minimum Gasteiger partial charge on any atom is -0.379 e. The molecule has 0 aromatic heterocycles. The van der Waals surface area contributed by atoms with Gasteiger partial charge in [-0.2, -0.15) is 0 Å². The number of hydrogen-bond donors (Lipinski definition) is 0. The van der Waals surface area contributed by atoms with Crippen molar-refractivity contribution in [1.29, 1.82) is 0 Å². The van der Waals surface area contributed by atoms with Crippen LogP contribution in [0.4, 0.5) is 4.79 Å². The van der Waals surface area contributed by atoms with Crippen molar-refractivity contribution in [3.05, 3.63) is 0 Å². The SMILES string of the molecule is CCCCN1CCOCC1.CCN(C)C(=O)SC. The minimum absolute atomic E-state index is 0.132. The Morgan fingerprint density at radius 2 is 1.94 bits per heavy atom. The molecule has 0 aromatic rings. The van der Waals surface area contributed by atoms with Crippen molar-refractivity contribution in [2.45, 2.75) is 26.7 Å². The molecule has 108 valence electrons. The van der Waals surface area contributed by atoms with Gasteiger partial charge in [0, 0.05) is 26.7 Å². The maximum absolute atomic E-state index is 10.6. The van der Waals surface area contributed by atoms with Crippen LogP contribution >= 0.6 is 11.8 Å². The molecule has 1 aliphatic heterocycles. The summed E-state index contributed by atoms with van der Waals surface area (Å²) in [6.45, 7) is 10.4. The molecule has 4 nitrogen and oxygen atoms in total. The van der Waals surface area contributed by atoms with Crippen LogP contribution in [0.15, 0.2) is 0 Å². The molecule has 1 aliphatic rings. The zero-order valence-electron chi connectivity index (χ0n) is 12.3. The van der Waals surface area contributed by atoms with E-state index in [2.05, 4.69) is 11.8 Å². The number of rotatable bonds is 4. The Labute approximate surface area is 116 Å². The number of thioether (sulfide) groups is 1. The number of amides is 1. The van der Waals surface area contributed by atoms with Crippen molar-refractivity contribution >= 4 is 17.0 Å². The zero-order valence-corrected chi connectivity index (χ0v) is 13.1. The van der Waals surface area contributed by atoms with E-state index in [-0.39, 0.29) is 5.24 Å². The lowest BCUT2D eigenvalue weighted by molar-refractivity contribution is 0.0373. The highest BCUT2D eigenvalue weighted by Gasteiger charge is 2.07. The van der Waals surface area contributed by atoms with Gasteiger partial charge in [-0.25, -0.2) is 0 Å². The van der Waals surface area contributed by atoms with Crippen LogP contribution in [0.2, 0.25) is 0 Å². The molecule has 1 fully saturated rings. The first kappa shape index (κ1) is 17.7. The predicted octanol–water partition coefficient (Wildman–Crippen LogP) is 2.54. The maximum atomic E-state index is 10.6. The average Bonchev–Trinajstić information content (AvgIpc) is 2.45. The molecule has 0 N–H and O–H groups in total. The van der Waals surface area contributed by atoms with Gasteiger partial charge in [0.2, 0.25) is 0 Å². The number of unbranched alkanes of at least 4 members (excludes halogenated alkanes) is 1. The van der Waals surface area contributed by atoms with Gasteiger partial charge in [-0.1, -0.05) is 25.1 Å². The molecule has 18 heavy (non-hydrogen) atoms. The summed E-state index contributed by atoms with van der Waals surface area (Å²) in [5.74, 6) is 0. The van der Waals surface area contributed by atoms with E-state index in [1.807, 2.05) is 6.92 Å². The second-order valence-corrected chi connectivity index (χ2v) is 5.05. The highest BCUT2D eigenvalue weighted by Crippen LogP contribution is 2.00. The Hall–Kier alpha value is -0.260. The smallest absolute Gasteiger partial charge is 0.281 e. The Balaban J connectivity index is 0.000000331. The average molecular weight is 276 g/mol. The molecule has 0 aromatic carbocycles. The summed E-state index contributed by atoms with van der Waals surface area (Å²) in [7, 11) is 1.79. The molecular weight excluding hydrogens is 248 g/mol. The molecule has 1 amide bonds. The van der Waals surface area contributed by atoms with Gasteiger partial charge >= 0.3 is 0 Å². The summed E-state index contributed by atoms with van der Waals surface area (Å²) >= 11 is 1.24. The normalized spacial score (nSPS) is 15.8. The van der Waals surface area contributed by atoms with Crippen molar-refractivity contribution in [2.75, 3.05) is 52.7 Å². The summed E-state index contributed by atoms with van der Waals surface area (Å²) in [5, 5.41) is 0.132. The standard InChI is InChI=1S/C8H17NO.C5H11NOS/c1-2-3-4-9-5-7-10-8-6-9;1-4-6(2)5(7)8-3/h2-8H2,1H3;4H2,1-3H3. The van der Waals surface area contributed by atoms with E-state index < -0.39 is 0 Å². The topological polar surface area (TPSA) is 32.8 Å². The molecule has 0 atom stereocenters. The van der Waals surface area contributed by atoms with Crippen molar-refractivity contribution < 1.29 is 9.53 Å². The van der Waals surface area contributed by atoms with Gasteiger partial charge in [-0.3, -0.25) is 9.69 Å². The van der Waals surface area contributed by atoms with E-state index in [1.165, 1.54) is 31.1 Å². The highest BCUT2D eigenvalue weighted by atomic mass is 32.2. The Kier molecular flexibility index (Phi) is 11.6. The third kappa shape index (κ3) is 8.78. The number of hydrogen-bond acceptors (Lipinski definition) is 4. The van der Waals surface area contributed by atoms with Crippen molar-refractivity contribution in [2.24, 2.45) is 0 Å². The van der Waals surface area contributed by atoms with Gasteiger partial charge in [-0.15, -0.1) is 0 Å². The Morgan fingerprint density at radius 3 is 2.33 bits per heavy atom. The fraction of sp³-hybridized carbons (Fsp3) is 0.923. The van der Waals surface area contributed by atoms with Gasteiger partial charge in [0.15, 0.2) is 0 Å². The van der Waals surface area contributed by atoms with Crippen LogP contribution in [-0.2, 0) is 4.74 Å². The van der Waals surface area contributed by atoms with Gasteiger partial charge in [0.1, 0.15) is 0 Å². The molecule has 0 unspecified atom stereocenters. The molecule has 1 rings (SSSR count). The molecule has 5 heteroatoms. The number of carbonyl (C=O) groups excluding carboxylic acids is 1. The van der Waals surface area contributed by atoms with Crippen molar-refractivity contribution in [1.82, 2.24) is 9.80 Å². The van der Waals surface area contributed by atoms with Gasteiger partial charge in [0.25, 0.3) is 5.24 Å². The monoisotopic (exact) mass is 276 g/mol. The fourth-order valence-corrected chi connectivity index (χ4v) is 1.93. The van der Waals surface area contributed by atoms with Crippen LogP contribution in [0, 0.1) is 0 Å². The van der Waals surface area contributed by atoms with E-state index >= 15 is 0 Å². The lowest BCUT2D eigenvalue weighted by Crippen LogP contribution is -2.36. The molecule has 1 heterocycles. The van der Waals surface area contributed by atoms with Gasteiger partial charge < -0.3 is 9.64 Å². The van der Waals surface area contributed by atoms with Crippen molar-refractivity contribution in [3.63, 3.8) is 0 Å². The lowest BCUT2D eigenvalue weighted by Gasteiger charge is -2.26. The van der Waals surface area contributed by atoms with Crippen LogP contribution in [0.3, 0.4) is 0 Å². The molecule has 1 saturated heterocycles. The number of ether oxygens (including phenoxy) is 1. The summed E-state index contributed by atoms with van der Waals surface area (Å²) in [6, 6.07) is 0.